The maximum absolute atomic E-state index is 13.7. The molecule has 0 saturated heterocycles. The van der Waals surface area contributed by atoms with Crippen molar-refractivity contribution in [2.75, 3.05) is 25.9 Å². The second-order valence-corrected chi connectivity index (χ2v) is 9.63. The van der Waals surface area contributed by atoms with Gasteiger partial charge < -0.3 is 24.7 Å². The number of methoxy groups -OCH3 is 2. The molecule has 2 aromatic carbocycles. The molecular weight excluding hydrogens is 446 g/mol. The van der Waals surface area contributed by atoms with Gasteiger partial charge in [0.15, 0.2) is 17.3 Å². The molecule has 0 fully saturated rings. The van der Waals surface area contributed by atoms with Crippen LogP contribution in [-0.4, -0.2) is 26.8 Å². The third kappa shape index (κ3) is 3.64. The highest BCUT2D eigenvalue weighted by molar-refractivity contribution is 6.02. The van der Waals surface area contributed by atoms with E-state index in [-0.39, 0.29) is 23.8 Å². The van der Waals surface area contributed by atoms with Gasteiger partial charge in [-0.3, -0.25) is 9.69 Å². The first kappa shape index (κ1) is 22.7. The van der Waals surface area contributed by atoms with Gasteiger partial charge in [0.2, 0.25) is 6.79 Å². The van der Waals surface area contributed by atoms with E-state index in [0.29, 0.717) is 52.7 Å². The van der Waals surface area contributed by atoms with E-state index in [1.54, 1.807) is 43.4 Å². The van der Waals surface area contributed by atoms with Crippen LogP contribution in [0.3, 0.4) is 0 Å². The lowest BCUT2D eigenvalue weighted by Gasteiger charge is -2.44. The third-order valence-electron chi connectivity index (χ3n) is 6.74. The summed E-state index contributed by atoms with van der Waals surface area (Å²) in [7, 11) is 3.15. The summed E-state index contributed by atoms with van der Waals surface area (Å²) in [5, 5.41) is 10.3. The Kier molecular flexibility index (Phi) is 5.36. The molecule has 3 aliphatic rings. The monoisotopic (exact) mass is 473 g/mol. The van der Waals surface area contributed by atoms with Crippen molar-refractivity contribution in [2.24, 2.45) is 11.1 Å². The van der Waals surface area contributed by atoms with Crippen molar-refractivity contribution >= 4 is 11.5 Å². The first-order valence-electron chi connectivity index (χ1n) is 11.4. The number of nitrogens with zero attached hydrogens (tertiary/aromatic N) is 2. The zero-order valence-corrected chi connectivity index (χ0v) is 20.2. The highest BCUT2D eigenvalue weighted by Gasteiger charge is 2.45. The molecule has 0 radical (unpaired) electrons. The van der Waals surface area contributed by atoms with Crippen molar-refractivity contribution in [3.05, 3.63) is 64.6 Å². The Labute approximate surface area is 204 Å². The predicted octanol–water partition coefficient (Wildman–Crippen LogP) is 4.37. The summed E-state index contributed by atoms with van der Waals surface area (Å²) in [5.74, 6) is 2.01. The summed E-state index contributed by atoms with van der Waals surface area (Å²) in [6.07, 6.45) is 0.962. The molecule has 2 aliphatic heterocycles. The molecular formula is C27H27N3O5. The molecule has 2 aromatic rings. The normalized spacial score (nSPS) is 20.5. The lowest BCUT2D eigenvalue weighted by atomic mass is 9.68. The second kappa shape index (κ2) is 8.27. The molecule has 0 saturated carbocycles. The number of nitriles is 1. The smallest absolute Gasteiger partial charge is 0.231 e. The number of carbonyl (C=O) groups excluding carboxylic acids is 1. The van der Waals surface area contributed by atoms with Crippen LogP contribution < -0.4 is 29.6 Å². The number of ketones is 1. The SMILES string of the molecule is COc1ccc(OC)c(N2C(N)=C(C#N)[C@@H](c3ccc4c(c3)OCO4)C3=C2CC(C)(C)CC3=O)c1. The molecule has 2 heterocycles. The van der Waals surface area contributed by atoms with E-state index in [4.69, 9.17) is 24.7 Å². The Morgan fingerprint density at radius 3 is 2.57 bits per heavy atom. The Hall–Kier alpha value is -4.12. The fourth-order valence-corrected chi connectivity index (χ4v) is 5.18. The predicted molar refractivity (Wildman–Crippen MR) is 129 cm³/mol. The fourth-order valence-electron chi connectivity index (χ4n) is 5.18. The summed E-state index contributed by atoms with van der Waals surface area (Å²) in [6, 6.07) is 13.2. The van der Waals surface area contributed by atoms with Gasteiger partial charge in [0.05, 0.1) is 37.5 Å². The van der Waals surface area contributed by atoms with Crippen LogP contribution in [0.15, 0.2) is 59.1 Å². The van der Waals surface area contributed by atoms with Crippen molar-refractivity contribution in [2.45, 2.75) is 32.6 Å². The first-order valence-corrected chi connectivity index (χ1v) is 11.4. The van der Waals surface area contributed by atoms with Gasteiger partial charge in [-0.2, -0.15) is 5.26 Å². The molecule has 8 heteroatoms. The summed E-state index contributed by atoms with van der Waals surface area (Å²) >= 11 is 0. The quantitative estimate of drug-likeness (QED) is 0.698. The summed E-state index contributed by atoms with van der Waals surface area (Å²) in [4.78, 5) is 15.5. The zero-order chi connectivity index (χ0) is 24.9. The highest BCUT2D eigenvalue weighted by atomic mass is 16.7. The number of hydrogen-bond acceptors (Lipinski definition) is 8. The lowest BCUT2D eigenvalue weighted by Crippen LogP contribution is -2.42. The van der Waals surface area contributed by atoms with Crippen LogP contribution in [0.2, 0.25) is 0 Å². The molecule has 8 nitrogen and oxygen atoms in total. The number of nitrogens with two attached hydrogens (primary N) is 1. The van der Waals surface area contributed by atoms with Gasteiger partial charge >= 0.3 is 0 Å². The van der Waals surface area contributed by atoms with Gasteiger partial charge in [0.25, 0.3) is 0 Å². The van der Waals surface area contributed by atoms with Crippen LogP contribution >= 0.6 is 0 Å². The van der Waals surface area contributed by atoms with E-state index in [2.05, 4.69) is 19.9 Å². The third-order valence-corrected chi connectivity index (χ3v) is 6.74. The number of carbonyl (C=O) groups is 1. The molecule has 0 spiro atoms. The number of ether oxygens (including phenoxy) is 4. The van der Waals surface area contributed by atoms with Gasteiger partial charge in [0.1, 0.15) is 17.3 Å². The van der Waals surface area contributed by atoms with Crippen molar-refractivity contribution in [3.63, 3.8) is 0 Å². The van der Waals surface area contributed by atoms with E-state index in [1.165, 1.54) is 0 Å². The molecule has 0 aromatic heterocycles. The van der Waals surface area contributed by atoms with E-state index in [0.717, 1.165) is 11.3 Å². The molecule has 180 valence electrons. The Balaban J connectivity index is 1.78. The number of benzene rings is 2. The summed E-state index contributed by atoms with van der Waals surface area (Å²) in [5.41, 5.74) is 9.45. The van der Waals surface area contributed by atoms with Gasteiger partial charge in [-0.25, -0.2) is 0 Å². The molecule has 5 rings (SSSR count). The number of rotatable bonds is 4. The van der Waals surface area contributed by atoms with Crippen LogP contribution in [-0.2, 0) is 4.79 Å². The number of allylic oxidation sites excluding steroid dienone is 3. The van der Waals surface area contributed by atoms with Crippen molar-refractivity contribution in [3.8, 4) is 29.1 Å². The van der Waals surface area contributed by atoms with Crippen LogP contribution in [0.4, 0.5) is 5.69 Å². The first-order chi connectivity index (χ1) is 16.8. The van der Waals surface area contributed by atoms with Crippen molar-refractivity contribution < 1.29 is 23.7 Å². The van der Waals surface area contributed by atoms with Crippen LogP contribution in [0.1, 0.15) is 38.2 Å². The van der Waals surface area contributed by atoms with E-state index >= 15 is 0 Å². The molecule has 35 heavy (non-hydrogen) atoms. The minimum Gasteiger partial charge on any atom is -0.497 e. The number of anilines is 1. The molecule has 1 aliphatic carbocycles. The maximum atomic E-state index is 13.7. The minimum atomic E-state index is -0.610. The molecule has 0 unspecified atom stereocenters. The number of hydrogen-bond donors (Lipinski definition) is 1. The van der Waals surface area contributed by atoms with Crippen LogP contribution in [0.5, 0.6) is 23.0 Å². The van der Waals surface area contributed by atoms with Crippen molar-refractivity contribution in [1.82, 2.24) is 0 Å². The lowest BCUT2D eigenvalue weighted by molar-refractivity contribution is -0.118. The Morgan fingerprint density at radius 1 is 1.09 bits per heavy atom. The largest absolute Gasteiger partial charge is 0.497 e. The summed E-state index contributed by atoms with van der Waals surface area (Å²) < 4.78 is 22.1. The summed E-state index contributed by atoms with van der Waals surface area (Å²) in [6.45, 7) is 4.26. The standard InChI is InChI=1S/C27H27N3O5/c1-27(2)11-19-25(20(31)12-27)24(15-5-7-22-23(9-15)35-14-34-22)17(13-28)26(29)30(19)18-10-16(32-3)6-8-21(18)33-4/h5-10,24H,11-12,14,29H2,1-4H3/t24-/m1/s1. The topological polar surface area (TPSA) is 107 Å². The Bertz CT molecular complexity index is 1330. The minimum absolute atomic E-state index is 0.00831. The molecule has 1 atom stereocenters. The van der Waals surface area contributed by atoms with Crippen molar-refractivity contribution in [1.29, 1.82) is 5.26 Å². The number of Topliss-reactive ketones (excluding diaryl/α,β-unsaturated/α-hetero) is 1. The molecule has 2 N–H and O–H groups in total. The average Bonchev–Trinajstić information content (AvgIpc) is 3.30. The van der Waals surface area contributed by atoms with Crippen LogP contribution in [0.25, 0.3) is 0 Å². The number of fused-ring (bicyclic) bond motifs is 1. The van der Waals surface area contributed by atoms with Gasteiger partial charge in [-0.05, 0) is 41.7 Å². The van der Waals surface area contributed by atoms with E-state index < -0.39 is 5.92 Å². The fraction of sp³-hybridized carbons (Fsp3) is 0.333. The maximum Gasteiger partial charge on any atom is 0.231 e. The van der Waals surface area contributed by atoms with E-state index in [1.807, 2.05) is 12.1 Å². The highest BCUT2D eigenvalue weighted by Crippen LogP contribution is 2.52. The molecule has 0 amide bonds. The zero-order valence-electron chi connectivity index (χ0n) is 20.2. The van der Waals surface area contributed by atoms with E-state index in [9.17, 15) is 10.1 Å². The average molecular weight is 474 g/mol. The van der Waals surface area contributed by atoms with Gasteiger partial charge in [-0.15, -0.1) is 0 Å². The van der Waals surface area contributed by atoms with Crippen LogP contribution in [0, 0.1) is 16.7 Å². The molecule has 0 bridgehead atoms. The van der Waals surface area contributed by atoms with Gasteiger partial charge in [-0.1, -0.05) is 19.9 Å². The van der Waals surface area contributed by atoms with Gasteiger partial charge in [0, 0.05) is 23.8 Å². The Morgan fingerprint density at radius 2 is 1.86 bits per heavy atom. The second-order valence-electron chi connectivity index (χ2n) is 9.63.